The number of amides is 1. The van der Waals surface area contributed by atoms with E-state index < -0.39 is 0 Å². The smallest absolute Gasteiger partial charge is 0.247 e. The Labute approximate surface area is 143 Å². The molecule has 1 radical (unpaired) electrons. The molecule has 1 amide bonds. The quantitative estimate of drug-likeness (QED) is 0.846. The minimum absolute atomic E-state index is 0.00279. The molecule has 1 atom stereocenters. The Morgan fingerprint density at radius 2 is 2.17 bits per heavy atom. The number of nitrogens with one attached hydrogen (secondary N) is 1. The molecule has 2 aliphatic heterocycles. The highest BCUT2D eigenvalue weighted by atomic mass is 16.2. The number of benzene rings is 1. The number of fused-ring (bicyclic) bond motifs is 1. The minimum Gasteiger partial charge on any atom is -0.354 e. The molecule has 2 aliphatic rings. The second kappa shape index (κ2) is 7.50. The SMILES string of the molecule is C=CCN1c2ccc(C#N)cc2NC(=O)C1CCN1CC[CH]CC1. The molecule has 3 rings (SSSR count). The molecule has 0 bridgehead atoms. The lowest BCUT2D eigenvalue weighted by molar-refractivity contribution is -0.117. The number of carbonyl (C=O) groups is 1. The first-order valence-electron chi connectivity index (χ1n) is 8.49. The van der Waals surface area contributed by atoms with E-state index in [4.69, 9.17) is 5.26 Å². The molecular formula is C19H23N4O. The van der Waals surface area contributed by atoms with Gasteiger partial charge in [-0.2, -0.15) is 5.26 Å². The Hall–Kier alpha value is -2.32. The number of hydrogen-bond acceptors (Lipinski definition) is 4. The van der Waals surface area contributed by atoms with E-state index in [1.807, 2.05) is 12.1 Å². The Balaban J connectivity index is 1.78. The number of hydrogen-bond donors (Lipinski definition) is 1. The molecule has 1 saturated heterocycles. The largest absolute Gasteiger partial charge is 0.354 e. The van der Waals surface area contributed by atoms with Crippen molar-refractivity contribution in [1.82, 2.24) is 4.90 Å². The van der Waals surface area contributed by atoms with Crippen LogP contribution in [0.1, 0.15) is 24.8 Å². The fourth-order valence-corrected chi connectivity index (χ4v) is 3.47. The van der Waals surface area contributed by atoms with Gasteiger partial charge in [0.25, 0.3) is 0 Å². The van der Waals surface area contributed by atoms with E-state index in [0.29, 0.717) is 17.8 Å². The maximum Gasteiger partial charge on any atom is 0.247 e. The third-order valence-corrected chi connectivity index (χ3v) is 4.72. The highest BCUT2D eigenvalue weighted by molar-refractivity contribution is 6.03. The monoisotopic (exact) mass is 323 g/mol. The molecule has 1 fully saturated rings. The Morgan fingerprint density at radius 3 is 2.88 bits per heavy atom. The zero-order chi connectivity index (χ0) is 16.9. The summed E-state index contributed by atoms with van der Waals surface area (Å²) in [5.74, 6) is 0.00279. The van der Waals surface area contributed by atoms with Gasteiger partial charge in [0, 0.05) is 13.1 Å². The summed E-state index contributed by atoms with van der Waals surface area (Å²) in [4.78, 5) is 17.1. The number of anilines is 2. The molecule has 1 N–H and O–H groups in total. The van der Waals surface area contributed by atoms with Crippen LogP contribution >= 0.6 is 0 Å². The zero-order valence-electron chi connectivity index (χ0n) is 13.9. The van der Waals surface area contributed by atoms with Crippen molar-refractivity contribution < 1.29 is 4.79 Å². The number of piperidine rings is 1. The van der Waals surface area contributed by atoms with Crippen LogP contribution in [0.5, 0.6) is 0 Å². The molecule has 1 unspecified atom stereocenters. The van der Waals surface area contributed by atoms with Crippen LogP contribution in [0.4, 0.5) is 11.4 Å². The number of likely N-dealkylation sites (tertiary alicyclic amines) is 1. The van der Waals surface area contributed by atoms with Gasteiger partial charge in [0.2, 0.25) is 5.91 Å². The molecule has 0 saturated carbocycles. The van der Waals surface area contributed by atoms with E-state index in [0.717, 1.165) is 44.6 Å². The van der Waals surface area contributed by atoms with Crippen LogP contribution in [-0.2, 0) is 4.79 Å². The molecule has 2 heterocycles. The van der Waals surface area contributed by atoms with E-state index in [9.17, 15) is 4.79 Å². The van der Waals surface area contributed by atoms with Gasteiger partial charge >= 0.3 is 0 Å². The first-order valence-corrected chi connectivity index (χ1v) is 8.49. The minimum atomic E-state index is -0.200. The second-order valence-corrected chi connectivity index (χ2v) is 6.29. The Morgan fingerprint density at radius 1 is 1.38 bits per heavy atom. The molecular weight excluding hydrogens is 300 g/mol. The highest BCUT2D eigenvalue weighted by Crippen LogP contribution is 2.33. The van der Waals surface area contributed by atoms with Crippen molar-refractivity contribution in [2.24, 2.45) is 0 Å². The predicted molar refractivity (Wildman–Crippen MR) is 95.7 cm³/mol. The Kier molecular flexibility index (Phi) is 5.17. The maximum atomic E-state index is 12.6. The van der Waals surface area contributed by atoms with E-state index >= 15 is 0 Å². The van der Waals surface area contributed by atoms with Gasteiger partial charge in [-0.05, 0) is 57.0 Å². The zero-order valence-corrected chi connectivity index (χ0v) is 13.9. The summed E-state index contributed by atoms with van der Waals surface area (Å²) in [6, 6.07) is 7.37. The van der Waals surface area contributed by atoms with Crippen LogP contribution in [0.2, 0.25) is 0 Å². The summed E-state index contributed by atoms with van der Waals surface area (Å²) in [7, 11) is 0. The molecule has 5 nitrogen and oxygen atoms in total. The molecule has 1 aromatic carbocycles. The van der Waals surface area contributed by atoms with E-state index in [1.54, 1.807) is 12.1 Å². The van der Waals surface area contributed by atoms with Gasteiger partial charge in [0.05, 0.1) is 23.0 Å². The first-order chi connectivity index (χ1) is 11.7. The van der Waals surface area contributed by atoms with E-state index in [2.05, 4.69) is 34.2 Å². The van der Waals surface area contributed by atoms with Crippen LogP contribution in [0.15, 0.2) is 30.9 Å². The first kappa shape index (κ1) is 16.5. The van der Waals surface area contributed by atoms with Gasteiger partial charge in [0.1, 0.15) is 6.04 Å². The fraction of sp³-hybridized carbons (Fsp3) is 0.421. The van der Waals surface area contributed by atoms with Crippen molar-refractivity contribution in [2.75, 3.05) is 36.4 Å². The number of nitrogens with zero attached hydrogens (tertiary/aromatic N) is 3. The van der Waals surface area contributed by atoms with Gasteiger partial charge in [0.15, 0.2) is 0 Å². The standard InChI is InChI=1S/C19H23N4O/c1-2-9-23-17-7-6-15(14-20)13-16(17)21-19(24)18(23)8-12-22-10-4-3-5-11-22/h2-3,6-7,13,18H,1,4-5,8-12H2,(H,21,24). The Bertz CT molecular complexity index is 658. The van der Waals surface area contributed by atoms with Crippen molar-refractivity contribution in [3.8, 4) is 6.07 Å². The van der Waals surface area contributed by atoms with Crippen molar-refractivity contribution in [3.63, 3.8) is 0 Å². The van der Waals surface area contributed by atoms with E-state index in [-0.39, 0.29) is 11.9 Å². The summed E-state index contributed by atoms with van der Waals surface area (Å²) in [6.45, 7) is 7.53. The summed E-state index contributed by atoms with van der Waals surface area (Å²) < 4.78 is 0. The molecule has 5 heteroatoms. The van der Waals surface area contributed by atoms with Crippen LogP contribution in [0.25, 0.3) is 0 Å². The topological polar surface area (TPSA) is 59.4 Å². The van der Waals surface area contributed by atoms with Gasteiger partial charge in [-0.3, -0.25) is 4.79 Å². The number of carbonyl (C=O) groups excluding carboxylic acids is 1. The van der Waals surface area contributed by atoms with Gasteiger partial charge in [-0.15, -0.1) is 6.58 Å². The molecule has 1 aromatic rings. The summed E-state index contributed by atoms with van der Waals surface area (Å²) >= 11 is 0. The lowest BCUT2D eigenvalue weighted by Gasteiger charge is -2.38. The predicted octanol–water partition coefficient (Wildman–Crippen LogP) is 2.56. The summed E-state index contributed by atoms with van der Waals surface area (Å²) in [5, 5.41) is 12.0. The highest BCUT2D eigenvalue weighted by Gasteiger charge is 2.32. The lowest BCUT2D eigenvalue weighted by atomic mass is 10.0. The number of nitriles is 1. The third kappa shape index (κ3) is 3.44. The number of rotatable bonds is 5. The normalized spacial score (nSPS) is 20.9. The summed E-state index contributed by atoms with van der Waals surface area (Å²) in [6.07, 6.45) is 7.21. The van der Waals surface area contributed by atoms with Crippen molar-refractivity contribution in [2.45, 2.75) is 25.3 Å². The average molecular weight is 323 g/mol. The molecule has 0 aliphatic carbocycles. The molecule has 24 heavy (non-hydrogen) atoms. The molecule has 0 aromatic heterocycles. The van der Waals surface area contributed by atoms with Crippen molar-refractivity contribution in [1.29, 1.82) is 5.26 Å². The summed E-state index contributed by atoms with van der Waals surface area (Å²) in [5.41, 5.74) is 2.23. The van der Waals surface area contributed by atoms with Crippen molar-refractivity contribution >= 4 is 17.3 Å². The maximum absolute atomic E-state index is 12.6. The lowest BCUT2D eigenvalue weighted by Crippen LogP contribution is -2.50. The van der Waals surface area contributed by atoms with Crippen LogP contribution in [0, 0.1) is 17.8 Å². The van der Waals surface area contributed by atoms with E-state index in [1.165, 1.54) is 0 Å². The van der Waals surface area contributed by atoms with Crippen LogP contribution in [-0.4, -0.2) is 43.0 Å². The van der Waals surface area contributed by atoms with Crippen molar-refractivity contribution in [3.05, 3.63) is 42.8 Å². The molecule has 125 valence electrons. The van der Waals surface area contributed by atoms with Crippen LogP contribution < -0.4 is 10.2 Å². The van der Waals surface area contributed by atoms with Gasteiger partial charge in [-0.25, -0.2) is 0 Å². The third-order valence-electron chi connectivity index (χ3n) is 4.72. The van der Waals surface area contributed by atoms with Gasteiger partial charge < -0.3 is 15.1 Å². The fourth-order valence-electron chi connectivity index (χ4n) is 3.47. The second-order valence-electron chi connectivity index (χ2n) is 6.29. The molecule has 0 spiro atoms. The van der Waals surface area contributed by atoms with Gasteiger partial charge in [-0.1, -0.05) is 6.08 Å². The average Bonchev–Trinajstić information content (AvgIpc) is 2.61. The van der Waals surface area contributed by atoms with Crippen LogP contribution in [0.3, 0.4) is 0 Å².